The third kappa shape index (κ3) is 2.59. The molecule has 5 heteroatoms. The average Bonchev–Trinajstić information content (AvgIpc) is 2.74. The Balaban J connectivity index is 1.94. The molecule has 0 fully saturated rings. The Hall–Kier alpha value is -2.11. The molecule has 1 aromatic heterocycles. The molecule has 0 spiro atoms. The van der Waals surface area contributed by atoms with Gasteiger partial charge in [-0.15, -0.1) is 0 Å². The summed E-state index contributed by atoms with van der Waals surface area (Å²) in [5.41, 5.74) is 4.66. The number of pyridine rings is 1. The topological polar surface area (TPSA) is 69.4 Å². The zero-order valence-electron chi connectivity index (χ0n) is 11.1. The number of nitrogens with zero attached hydrogens (tertiary/aromatic N) is 1. The molecule has 0 saturated heterocycles. The molecule has 104 valence electrons. The van der Waals surface area contributed by atoms with E-state index in [9.17, 15) is 0 Å². The minimum absolute atomic E-state index is 0.173. The molecule has 2 heterocycles. The van der Waals surface area contributed by atoms with Crippen LogP contribution in [0.25, 0.3) is 0 Å². The van der Waals surface area contributed by atoms with Crippen LogP contribution in [0.4, 0.5) is 0 Å². The highest BCUT2D eigenvalue weighted by Gasteiger charge is 2.17. The second-order valence-corrected chi connectivity index (χ2v) is 4.61. The fourth-order valence-electron chi connectivity index (χ4n) is 2.26. The van der Waals surface area contributed by atoms with Crippen LogP contribution in [0.1, 0.15) is 23.7 Å². The zero-order chi connectivity index (χ0) is 13.8. The van der Waals surface area contributed by atoms with Gasteiger partial charge < -0.3 is 9.47 Å². The monoisotopic (exact) mass is 271 g/mol. The smallest absolute Gasteiger partial charge is 0.161 e. The van der Waals surface area contributed by atoms with Crippen molar-refractivity contribution in [1.29, 1.82) is 0 Å². The van der Waals surface area contributed by atoms with Gasteiger partial charge in [-0.1, -0.05) is 12.1 Å². The van der Waals surface area contributed by atoms with Gasteiger partial charge in [0.05, 0.1) is 24.9 Å². The van der Waals surface area contributed by atoms with Crippen LogP contribution in [0, 0.1) is 0 Å². The van der Waals surface area contributed by atoms with E-state index in [4.69, 9.17) is 15.3 Å². The van der Waals surface area contributed by atoms with Crippen LogP contribution in [0.3, 0.4) is 0 Å². The third-order valence-electron chi connectivity index (χ3n) is 3.26. The predicted octanol–water partition coefficient (Wildman–Crippen LogP) is 1.80. The van der Waals surface area contributed by atoms with Gasteiger partial charge in [-0.2, -0.15) is 0 Å². The summed E-state index contributed by atoms with van der Waals surface area (Å²) in [7, 11) is 0. The van der Waals surface area contributed by atoms with Gasteiger partial charge in [-0.3, -0.25) is 10.8 Å². The van der Waals surface area contributed by atoms with Crippen molar-refractivity contribution in [2.45, 2.75) is 12.5 Å². The van der Waals surface area contributed by atoms with E-state index < -0.39 is 0 Å². The lowest BCUT2D eigenvalue weighted by molar-refractivity contribution is 0.297. The van der Waals surface area contributed by atoms with E-state index in [0.29, 0.717) is 13.2 Å². The molecule has 0 saturated carbocycles. The van der Waals surface area contributed by atoms with E-state index in [-0.39, 0.29) is 6.04 Å². The summed E-state index contributed by atoms with van der Waals surface area (Å²) < 4.78 is 11.3. The third-order valence-corrected chi connectivity index (χ3v) is 3.26. The summed E-state index contributed by atoms with van der Waals surface area (Å²) in [6.07, 6.45) is 2.64. The van der Waals surface area contributed by atoms with Crippen molar-refractivity contribution in [1.82, 2.24) is 10.4 Å². The highest BCUT2D eigenvalue weighted by Crippen LogP contribution is 2.33. The van der Waals surface area contributed by atoms with Crippen LogP contribution in [-0.4, -0.2) is 18.2 Å². The Labute approximate surface area is 117 Å². The van der Waals surface area contributed by atoms with E-state index in [1.807, 2.05) is 36.4 Å². The summed E-state index contributed by atoms with van der Waals surface area (Å²) in [4.78, 5) is 4.34. The second kappa shape index (κ2) is 5.90. The molecule has 3 N–H and O–H groups in total. The SMILES string of the molecule is NNC(c1ccc2c(c1)OCCCO2)c1ccccn1. The zero-order valence-corrected chi connectivity index (χ0v) is 11.1. The summed E-state index contributed by atoms with van der Waals surface area (Å²) in [6, 6.07) is 11.4. The number of hydrazine groups is 1. The average molecular weight is 271 g/mol. The maximum atomic E-state index is 5.71. The van der Waals surface area contributed by atoms with E-state index in [1.54, 1.807) is 6.20 Å². The molecule has 1 aliphatic heterocycles. The van der Waals surface area contributed by atoms with Crippen LogP contribution in [0.5, 0.6) is 11.5 Å². The van der Waals surface area contributed by atoms with Gasteiger partial charge in [0.25, 0.3) is 0 Å². The van der Waals surface area contributed by atoms with Gasteiger partial charge in [-0.05, 0) is 29.8 Å². The Kier molecular flexibility index (Phi) is 3.80. The van der Waals surface area contributed by atoms with Crippen molar-refractivity contribution in [3.05, 3.63) is 53.9 Å². The molecule has 0 radical (unpaired) electrons. The molecular weight excluding hydrogens is 254 g/mol. The van der Waals surface area contributed by atoms with Crippen molar-refractivity contribution in [2.75, 3.05) is 13.2 Å². The molecule has 1 atom stereocenters. The molecular formula is C15H17N3O2. The van der Waals surface area contributed by atoms with E-state index in [0.717, 1.165) is 29.2 Å². The molecule has 20 heavy (non-hydrogen) atoms. The van der Waals surface area contributed by atoms with Crippen LogP contribution >= 0.6 is 0 Å². The Morgan fingerprint density at radius 2 is 1.95 bits per heavy atom. The molecule has 1 aromatic carbocycles. The minimum Gasteiger partial charge on any atom is -0.490 e. The highest BCUT2D eigenvalue weighted by atomic mass is 16.5. The van der Waals surface area contributed by atoms with Gasteiger partial charge >= 0.3 is 0 Å². The molecule has 1 aliphatic rings. The van der Waals surface area contributed by atoms with E-state index in [1.165, 1.54) is 0 Å². The van der Waals surface area contributed by atoms with Crippen molar-refractivity contribution in [2.24, 2.45) is 5.84 Å². The first-order valence-corrected chi connectivity index (χ1v) is 6.65. The van der Waals surface area contributed by atoms with Gasteiger partial charge in [0.1, 0.15) is 0 Å². The first kappa shape index (κ1) is 12.9. The molecule has 0 aliphatic carbocycles. The molecule has 0 bridgehead atoms. The number of fused-ring (bicyclic) bond motifs is 1. The summed E-state index contributed by atoms with van der Waals surface area (Å²) in [5.74, 6) is 7.22. The maximum absolute atomic E-state index is 5.71. The largest absolute Gasteiger partial charge is 0.490 e. The lowest BCUT2D eigenvalue weighted by Gasteiger charge is -2.17. The number of nitrogens with one attached hydrogen (secondary N) is 1. The van der Waals surface area contributed by atoms with Crippen LogP contribution in [-0.2, 0) is 0 Å². The lowest BCUT2D eigenvalue weighted by Crippen LogP contribution is -2.29. The normalized spacial score (nSPS) is 15.4. The minimum atomic E-state index is -0.173. The van der Waals surface area contributed by atoms with Crippen LogP contribution in [0.15, 0.2) is 42.6 Å². The summed E-state index contributed by atoms with van der Waals surface area (Å²) in [6.45, 7) is 1.35. The van der Waals surface area contributed by atoms with E-state index in [2.05, 4.69) is 10.4 Å². The number of hydrogen-bond donors (Lipinski definition) is 2. The van der Waals surface area contributed by atoms with Crippen LogP contribution in [0.2, 0.25) is 0 Å². The number of benzene rings is 1. The van der Waals surface area contributed by atoms with Crippen molar-refractivity contribution in [3.8, 4) is 11.5 Å². The predicted molar refractivity (Wildman–Crippen MR) is 75.5 cm³/mol. The number of hydrogen-bond acceptors (Lipinski definition) is 5. The quantitative estimate of drug-likeness (QED) is 0.658. The second-order valence-electron chi connectivity index (χ2n) is 4.61. The first-order chi connectivity index (χ1) is 9.88. The fourth-order valence-corrected chi connectivity index (χ4v) is 2.26. The molecule has 3 rings (SSSR count). The molecule has 0 amide bonds. The number of ether oxygens (including phenoxy) is 2. The Morgan fingerprint density at radius 3 is 2.70 bits per heavy atom. The van der Waals surface area contributed by atoms with E-state index >= 15 is 0 Å². The standard InChI is InChI=1S/C15H17N3O2/c16-18-15(12-4-1-2-7-17-12)11-5-6-13-14(10-11)20-9-3-8-19-13/h1-2,4-7,10,15,18H,3,8-9,16H2. The Bertz CT molecular complexity index is 575. The van der Waals surface area contributed by atoms with Gasteiger partial charge in [-0.25, -0.2) is 5.43 Å². The van der Waals surface area contributed by atoms with Gasteiger partial charge in [0.15, 0.2) is 11.5 Å². The lowest BCUT2D eigenvalue weighted by atomic mass is 10.0. The summed E-state index contributed by atoms with van der Waals surface area (Å²) >= 11 is 0. The van der Waals surface area contributed by atoms with Crippen molar-refractivity contribution >= 4 is 0 Å². The Morgan fingerprint density at radius 1 is 1.10 bits per heavy atom. The highest BCUT2D eigenvalue weighted by molar-refractivity contribution is 5.45. The molecule has 2 aromatic rings. The molecule has 5 nitrogen and oxygen atoms in total. The van der Waals surface area contributed by atoms with Crippen molar-refractivity contribution in [3.63, 3.8) is 0 Å². The molecule has 1 unspecified atom stereocenters. The first-order valence-electron chi connectivity index (χ1n) is 6.65. The number of rotatable bonds is 3. The van der Waals surface area contributed by atoms with Crippen LogP contribution < -0.4 is 20.7 Å². The summed E-state index contributed by atoms with van der Waals surface area (Å²) in [5, 5.41) is 0. The van der Waals surface area contributed by atoms with Gasteiger partial charge in [0, 0.05) is 12.6 Å². The van der Waals surface area contributed by atoms with Gasteiger partial charge in [0.2, 0.25) is 0 Å². The number of nitrogens with two attached hydrogens (primary N) is 1. The van der Waals surface area contributed by atoms with Crippen molar-refractivity contribution < 1.29 is 9.47 Å². The maximum Gasteiger partial charge on any atom is 0.161 e. The number of aromatic nitrogens is 1. The fraction of sp³-hybridized carbons (Fsp3) is 0.267.